The molecule has 0 saturated carbocycles. The van der Waals surface area contributed by atoms with Crippen molar-refractivity contribution < 1.29 is 32.3 Å². The molecule has 0 aliphatic heterocycles. The maximum absolute atomic E-state index is 13.8. The molecular weight excluding hydrogens is 1010 g/mol. The van der Waals surface area contributed by atoms with E-state index < -0.39 is 5.56 Å². The minimum Gasteiger partial charge on any atom is -0.497 e. The van der Waals surface area contributed by atoms with Gasteiger partial charge in [-0.3, -0.25) is 19.2 Å². The lowest BCUT2D eigenvalue weighted by Crippen LogP contribution is -2.35. The van der Waals surface area contributed by atoms with Crippen LogP contribution >= 0.6 is 0 Å². The largest absolute Gasteiger partial charge is 0.497 e. The van der Waals surface area contributed by atoms with Gasteiger partial charge in [0.1, 0.15) is 41.4 Å². The van der Waals surface area contributed by atoms with Gasteiger partial charge in [0.25, 0.3) is 11.1 Å². The lowest BCUT2D eigenvalue weighted by Gasteiger charge is -2.17. The van der Waals surface area contributed by atoms with Crippen molar-refractivity contribution in [3.05, 3.63) is 195 Å². The molecule has 6 heterocycles. The van der Waals surface area contributed by atoms with Crippen molar-refractivity contribution in [3.8, 4) is 11.5 Å². The summed E-state index contributed by atoms with van der Waals surface area (Å²) in [5.41, 5.74) is 8.31. The van der Waals surface area contributed by atoms with E-state index in [9.17, 15) is 23.6 Å². The van der Waals surface area contributed by atoms with E-state index in [0.717, 1.165) is 22.2 Å². The number of aryl methyl sites for hydroxylation is 2. The smallest absolute Gasteiger partial charge is 0.277 e. The second-order valence-corrected chi connectivity index (χ2v) is 18.8. The highest BCUT2D eigenvalue weighted by molar-refractivity contribution is 6.09. The number of benzene rings is 6. The molecule has 0 fully saturated rings. The van der Waals surface area contributed by atoms with Gasteiger partial charge < -0.3 is 37.2 Å². The number of likely N-dealkylation sites (N-methyl/N-ethyl adjacent to an activating group) is 2. The van der Waals surface area contributed by atoms with Crippen molar-refractivity contribution in [3.63, 3.8) is 0 Å². The molecule has 12 aromatic rings. The molecule has 0 saturated heterocycles. The van der Waals surface area contributed by atoms with Gasteiger partial charge in [0.2, 0.25) is 11.8 Å². The monoisotopic (exact) mass is 1060 g/mol. The number of aromatic nitrogens is 8. The number of ether oxygens (including phenoxy) is 2. The molecule has 394 valence electrons. The summed E-state index contributed by atoms with van der Waals surface area (Å²) in [6, 6.07) is 35.2. The Balaban J connectivity index is 0.000000167. The summed E-state index contributed by atoms with van der Waals surface area (Å²) in [5.74, 6) is 1.33. The standard InChI is InChI=1S/C30H24N6O4.C29H24FN5O4/c1-18-33-24-11-9-21(13-27(24)40-18)34(3)28(37)17-36-30(38)29-23-14-22(39-4)10-12-25(23)35(26(29)15-32-36)16-19-5-7-20(31-2)8-6-19;1-17-32-23-10-8-20(12-26(23)39-17)33(2)27(36)16-35-29(37)28-22-13-21(38-3)9-11-24(22)34(25(28)14-31-35)15-18-4-6-19(30)7-5-18/h5-15H,16-17H2,1,3-4H3;4-14H,15-16H2,1-3H3. The number of oxazole rings is 2. The van der Waals surface area contributed by atoms with Crippen molar-refractivity contribution in [1.29, 1.82) is 0 Å². The predicted molar refractivity (Wildman–Crippen MR) is 298 cm³/mol. The fraction of sp³-hybridized carbons (Fsp3) is 0.169. The van der Waals surface area contributed by atoms with Crippen LogP contribution in [0.3, 0.4) is 0 Å². The number of halogens is 1. The lowest BCUT2D eigenvalue weighted by molar-refractivity contribution is -0.119. The zero-order valence-corrected chi connectivity index (χ0v) is 43.6. The van der Waals surface area contributed by atoms with Gasteiger partial charge in [-0.1, -0.05) is 36.4 Å². The average Bonchev–Trinajstić information content (AvgIpc) is 4.23. The first-order valence-corrected chi connectivity index (χ1v) is 24.8. The van der Waals surface area contributed by atoms with E-state index >= 15 is 0 Å². The third kappa shape index (κ3) is 9.65. The fourth-order valence-electron chi connectivity index (χ4n) is 9.72. The quantitative estimate of drug-likeness (QED) is 0.105. The fourth-order valence-corrected chi connectivity index (χ4v) is 9.72. The minimum atomic E-state index is -0.397. The molecule has 0 atom stereocenters. The molecule has 0 unspecified atom stereocenters. The van der Waals surface area contributed by atoms with Crippen LogP contribution in [0.25, 0.3) is 70.7 Å². The molecule has 0 spiro atoms. The Kier molecular flexibility index (Phi) is 13.2. The molecule has 0 N–H and O–H groups in total. The molecule has 0 aliphatic carbocycles. The lowest BCUT2D eigenvalue weighted by atomic mass is 10.2. The number of anilines is 2. The predicted octanol–water partition coefficient (Wildman–Crippen LogP) is 9.73. The van der Waals surface area contributed by atoms with Crippen LogP contribution < -0.4 is 30.4 Å². The number of rotatable bonds is 12. The maximum Gasteiger partial charge on any atom is 0.277 e. The van der Waals surface area contributed by atoms with Gasteiger partial charge in [-0.25, -0.2) is 28.6 Å². The second kappa shape index (κ2) is 20.6. The normalized spacial score (nSPS) is 11.4. The Morgan fingerprint density at radius 3 is 1.44 bits per heavy atom. The second-order valence-electron chi connectivity index (χ2n) is 18.8. The van der Waals surface area contributed by atoms with Crippen molar-refractivity contribution in [1.82, 2.24) is 38.7 Å². The van der Waals surface area contributed by atoms with E-state index in [1.54, 1.807) is 121 Å². The molecule has 2 amide bonds. The van der Waals surface area contributed by atoms with Crippen LogP contribution in [-0.2, 0) is 35.8 Å². The summed E-state index contributed by atoms with van der Waals surface area (Å²) >= 11 is 0. The van der Waals surface area contributed by atoms with Gasteiger partial charge in [-0.05, 0) is 83.9 Å². The summed E-state index contributed by atoms with van der Waals surface area (Å²) in [6.07, 6.45) is 3.21. The van der Waals surface area contributed by atoms with Crippen LogP contribution in [-0.4, -0.2) is 78.8 Å². The maximum atomic E-state index is 13.8. The molecule has 20 heteroatoms. The minimum absolute atomic E-state index is 0.243. The van der Waals surface area contributed by atoms with Crippen LogP contribution in [0.2, 0.25) is 0 Å². The van der Waals surface area contributed by atoms with E-state index in [0.29, 0.717) is 108 Å². The summed E-state index contributed by atoms with van der Waals surface area (Å²) < 4.78 is 41.8. The van der Waals surface area contributed by atoms with Crippen LogP contribution in [0, 0.1) is 26.2 Å². The number of carbonyl (C=O) groups is 2. The van der Waals surface area contributed by atoms with Gasteiger partial charge in [0.05, 0.1) is 55.0 Å². The SMILES string of the molecule is COc1ccc2c(c1)c1c(=O)n(CC(=O)N(C)c3ccc4nc(C)oc4c3)ncc1n2Cc1ccc(F)cc1.[C-]#[N+]c1ccc(Cn2c3ccc(OC)cc3c3c(=O)n(CC(=O)N(C)c4ccc5nc(C)oc5c4)ncc32)cc1. The van der Waals surface area contributed by atoms with Gasteiger partial charge >= 0.3 is 0 Å². The number of hydrogen-bond acceptors (Lipinski definition) is 12. The first-order chi connectivity index (χ1) is 38.2. The summed E-state index contributed by atoms with van der Waals surface area (Å²) in [5, 5.41) is 11.0. The molecule has 0 bridgehead atoms. The van der Waals surface area contributed by atoms with Gasteiger partial charge in [0.15, 0.2) is 28.6 Å². The molecule has 0 aliphatic rings. The third-order valence-corrected chi connectivity index (χ3v) is 13.9. The number of amides is 2. The van der Waals surface area contributed by atoms with Crippen LogP contribution in [0.1, 0.15) is 22.9 Å². The Labute approximate surface area is 448 Å². The summed E-state index contributed by atoms with van der Waals surface area (Å²) in [4.78, 5) is 68.9. The van der Waals surface area contributed by atoms with Gasteiger partial charge in [0, 0.05) is 86.3 Å². The molecule has 6 aromatic heterocycles. The number of nitrogens with zero attached hydrogens (tertiary/aromatic N) is 11. The van der Waals surface area contributed by atoms with Crippen molar-refractivity contribution >= 4 is 94.7 Å². The van der Waals surface area contributed by atoms with E-state index in [2.05, 4.69) is 25.0 Å². The first-order valence-electron chi connectivity index (χ1n) is 24.8. The van der Waals surface area contributed by atoms with Gasteiger partial charge in [-0.2, -0.15) is 10.2 Å². The van der Waals surface area contributed by atoms with E-state index in [1.165, 1.54) is 31.3 Å². The molecule has 12 rings (SSSR count). The zero-order valence-electron chi connectivity index (χ0n) is 43.6. The number of hydrogen-bond donors (Lipinski definition) is 0. The highest BCUT2D eigenvalue weighted by Crippen LogP contribution is 2.33. The molecule has 0 radical (unpaired) electrons. The Bertz CT molecular complexity index is 4550. The number of fused-ring (bicyclic) bond motifs is 8. The third-order valence-electron chi connectivity index (χ3n) is 13.9. The summed E-state index contributed by atoms with van der Waals surface area (Å²) in [7, 11) is 6.41. The van der Waals surface area contributed by atoms with Crippen LogP contribution in [0.15, 0.2) is 152 Å². The molecule has 6 aromatic carbocycles. The van der Waals surface area contributed by atoms with E-state index in [1.807, 2.05) is 51.6 Å². The van der Waals surface area contributed by atoms with Crippen molar-refractivity contribution in [2.24, 2.45) is 0 Å². The average molecular weight is 1060 g/mol. The van der Waals surface area contributed by atoms with E-state index in [-0.39, 0.29) is 36.3 Å². The molecule has 19 nitrogen and oxygen atoms in total. The van der Waals surface area contributed by atoms with Crippen LogP contribution in [0.5, 0.6) is 11.5 Å². The Morgan fingerprint density at radius 1 is 0.595 bits per heavy atom. The Morgan fingerprint density at radius 2 is 1.03 bits per heavy atom. The van der Waals surface area contributed by atoms with Crippen LogP contribution in [0.4, 0.5) is 21.5 Å². The Hall–Kier alpha value is -10.4. The van der Waals surface area contributed by atoms with E-state index in [4.69, 9.17) is 24.9 Å². The summed E-state index contributed by atoms with van der Waals surface area (Å²) in [6.45, 7) is 11.1. The zero-order chi connectivity index (χ0) is 55.2. The first kappa shape index (κ1) is 50.7. The number of carbonyl (C=O) groups excluding carboxylic acids is 2. The van der Waals surface area contributed by atoms with Crippen molar-refractivity contribution in [2.45, 2.75) is 40.0 Å². The van der Waals surface area contributed by atoms with Crippen molar-refractivity contribution in [2.75, 3.05) is 38.1 Å². The molecule has 79 heavy (non-hydrogen) atoms. The highest BCUT2D eigenvalue weighted by atomic mass is 19.1. The van der Waals surface area contributed by atoms with Gasteiger partial charge in [-0.15, -0.1) is 0 Å². The number of methoxy groups -OCH3 is 2. The highest BCUT2D eigenvalue weighted by Gasteiger charge is 2.23. The topological polar surface area (TPSA) is 195 Å². The molecular formula is C59H48FN11O8.